The van der Waals surface area contributed by atoms with Crippen molar-refractivity contribution >= 4 is 11.8 Å². The Hall–Kier alpha value is -2.60. The van der Waals surface area contributed by atoms with Crippen molar-refractivity contribution in [2.45, 2.75) is 25.0 Å². The van der Waals surface area contributed by atoms with E-state index in [-0.39, 0.29) is 17.9 Å². The van der Waals surface area contributed by atoms with Crippen LogP contribution in [0.1, 0.15) is 13.3 Å². The van der Waals surface area contributed by atoms with Crippen LogP contribution in [0.25, 0.3) is 0 Å². The summed E-state index contributed by atoms with van der Waals surface area (Å²) in [5.41, 5.74) is 0.659. The topological polar surface area (TPSA) is 59.1 Å². The van der Waals surface area contributed by atoms with Gasteiger partial charge in [-0.25, -0.2) is 0 Å². The highest BCUT2D eigenvalue weighted by molar-refractivity contribution is 5.93. The van der Waals surface area contributed by atoms with Crippen LogP contribution < -0.4 is 4.74 Å². The highest BCUT2D eigenvalue weighted by atomic mass is 16.5. The van der Waals surface area contributed by atoms with Crippen molar-refractivity contribution in [1.82, 2.24) is 9.80 Å². The van der Waals surface area contributed by atoms with E-state index in [1.54, 1.807) is 4.90 Å². The second kappa shape index (κ2) is 7.02. The standard InChI is InChI=1S/C23H26N2O4/c1-16-8-11-24(12-9-16)21(26)19-18-7-10-23(29-18)15-25(22(27)20(19)23)13-14-28-17-5-3-2-4-6-17/h2-8,10,18-20H,9,11-15H2,1H3/t18-,19?,20?,23-/m1/s1. The first kappa shape index (κ1) is 18.4. The molecule has 6 heteroatoms. The zero-order valence-corrected chi connectivity index (χ0v) is 16.6. The molecule has 6 nitrogen and oxygen atoms in total. The number of ether oxygens (including phenoxy) is 2. The molecule has 2 saturated heterocycles. The molecular weight excluding hydrogens is 368 g/mol. The number of hydrogen-bond acceptors (Lipinski definition) is 4. The molecular formula is C23H26N2O4. The summed E-state index contributed by atoms with van der Waals surface area (Å²) in [6.45, 7) is 4.83. The molecule has 1 spiro atoms. The molecule has 4 aliphatic rings. The minimum Gasteiger partial charge on any atom is -0.492 e. The van der Waals surface area contributed by atoms with Gasteiger partial charge >= 0.3 is 0 Å². The van der Waals surface area contributed by atoms with Crippen molar-refractivity contribution in [3.63, 3.8) is 0 Å². The van der Waals surface area contributed by atoms with E-state index in [4.69, 9.17) is 9.47 Å². The molecule has 2 bridgehead atoms. The quantitative estimate of drug-likeness (QED) is 0.717. The highest BCUT2D eigenvalue weighted by Gasteiger charge is 2.67. The van der Waals surface area contributed by atoms with Gasteiger partial charge in [0.15, 0.2) is 0 Å². The Bertz CT molecular complexity index is 880. The van der Waals surface area contributed by atoms with E-state index in [2.05, 4.69) is 13.0 Å². The predicted molar refractivity (Wildman–Crippen MR) is 107 cm³/mol. The number of likely N-dealkylation sites (tertiary alicyclic amines) is 1. The van der Waals surface area contributed by atoms with Crippen LogP contribution in [0.5, 0.6) is 5.75 Å². The van der Waals surface area contributed by atoms with Gasteiger partial charge in [-0.05, 0) is 25.5 Å². The van der Waals surface area contributed by atoms with E-state index >= 15 is 0 Å². The number of hydrogen-bond donors (Lipinski definition) is 0. The second-order valence-corrected chi connectivity index (χ2v) is 8.41. The van der Waals surface area contributed by atoms with E-state index in [1.807, 2.05) is 47.4 Å². The van der Waals surface area contributed by atoms with Crippen LogP contribution in [0.15, 0.2) is 54.1 Å². The van der Waals surface area contributed by atoms with Crippen LogP contribution in [0, 0.1) is 11.8 Å². The summed E-state index contributed by atoms with van der Waals surface area (Å²) in [6.07, 6.45) is 6.69. The minimum atomic E-state index is -0.656. The molecule has 4 atom stereocenters. The zero-order valence-electron chi connectivity index (χ0n) is 16.6. The molecule has 0 aromatic heterocycles. The number of fused-ring (bicyclic) bond motifs is 1. The molecule has 0 radical (unpaired) electrons. The summed E-state index contributed by atoms with van der Waals surface area (Å²) in [5.74, 6) is 0.00506. The summed E-state index contributed by atoms with van der Waals surface area (Å²) >= 11 is 0. The number of benzene rings is 1. The maximum Gasteiger partial charge on any atom is 0.230 e. The first-order valence-electron chi connectivity index (χ1n) is 10.4. The summed E-state index contributed by atoms with van der Waals surface area (Å²) in [7, 11) is 0. The smallest absolute Gasteiger partial charge is 0.230 e. The Balaban J connectivity index is 1.28. The van der Waals surface area contributed by atoms with Gasteiger partial charge in [-0.2, -0.15) is 0 Å². The Kier molecular flexibility index (Phi) is 4.46. The van der Waals surface area contributed by atoms with Crippen LogP contribution >= 0.6 is 0 Å². The lowest BCUT2D eigenvalue weighted by Gasteiger charge is -2.31. The van der Waals surface area contributed by atoms with Gasteiger partial charge < -0.3 is 19.3 Å². The fraction of sp³-hybridized carbons (Fsp3) is 0.478. The number of amides is 2. The third-order valence-electron chi connectivity index (χ3n) is 6.58. The number of rotatable bonds is 5. The maximum absolute atomic E-state index is 13.3. The van der Waals surface area contributed by atoms with E-state index in [0.29, 0.717) is 26.2 Å². The van der Waals surface area contributed by atoms with Gasteiger partial charge in [0, 0.05) is 13.1 Å². The van der Waals surface area contributed by atoms with Gasteiger partial charge in [0.25, 0.3) is 0 Å². The van der Waals surface area contributed by atoms with Crippen molar-refractivity contribution in [1.29, 1.82) is 0 Å². The SMILES string of the molecule is CC1=CCN(C(=O)C2C3C(=O)N(CCOc4ccccc4)C[C@]34C=C[C@H]2O4)CC1. The molecule has 29 heavy (non-hydrogen) atoms. The third kappa shape index (κ3) is 3.06. The number of carbonyl (C=O) groups is 2. The number of para-hydroxylation sites is 1. The van der Waals surface area contributed by atoms with E-state index in [0.717, 1.165) is 18.7 Å². The summed E-state index contributed by atoms with van der Waals surface area (Å²) in [4.78, 5) is 30.2. The Labute approximate surface area is 170 Å². The largest absolute Gasteiger partial charge is 0.492 e. The van der Waals surface area contributed by atoms with Gasteiger partial charge in [-0.3, -0.25) is 9.59 Å². The lowest BCUT2D eigenvalue weighted by atomic mass is 9.76. The molecule has 2 fully saturated rings. The average Bonchev–Trinajstić information content (AvgIpc) is 3.37. The molecule has 1 aromatic carbocycles. The molecule has 0 saturated carbocycles. The highest BCUT2D eigenvalue weighted by Crippen LogP contribution is 2.52. The number of carbonyl (C=O) groups excluding carboxylic acids is 2. The van der Waals surface area contributed by atoms with Crippen molar-refractivity contribution in [2.24, 2.45) is 11.8 Å². The van der Waals surface area contributed by atoms with Gasteiger partial charge in [-0.1, -0.05) is 42.0 Å². The zero-order chi connectivity index (χ0) is 20.0. The minimum absolute atomic E-state index is 0.00981. The van der Waals surface area contributed by atoms with Crippen LogP contribution in [0.2, 0.25) is 0 Å². The van der Waals surface area contributed by atoms with Crippen molar-refractivity contribution in [2.75, 3.05) is 32.8 Å². The van der Waals surface area contributed by atoms with Crippen LogP contribution in [-0.2, 0) is 14.3 Å². The van der Waals surface area contributed by atoms with Crippen molar-refractivity contribution in [3.05, 3.63) is 54.1 Å². The molecule has 0 N–H and O–H groups in total. The molecule has 4 heterocycles. The molecule has 0 aliphatic carbocycles. The fourth-order valence-electron chi connectivity index (χ4n) is 5.02. The van der Waals surface area contributed by atoms with Crippen molar-refractivity contribution in [3.8, 4) is 5.75 Å². The molecule has 1 aromatic rings. The predicted octanol–water partition coefficient (Wildman–Crippen LogP) is 2.03. The lowest BCUT2D eigenvalue weighted by molar-refractivity contribution is -0.143. The van der Waals surface area contributed by atoms with Gasteiger partial charge in [-0.15, -0.1) is 0 Å². The average molecular weight is 394 g/mol. The van der Waals surface area contributed by atoms with Crippen LogP contribution in [-0.4, -0.2) is 66.1 Å². The summed E-state index contributed by atoms with van der Waals surface area (Å²) < 4.78 is 12.0. The Morgan fingerprint density at radius 2 is 2.14 bits per heavy atom. The summed E-state index contributed by atoms with van der Waals surface area (Å²) in [6, 6.07) is 9.58. The van der Waals surface area contributed by atoms with Gasteiger partial charge in [0.2, 0.25) is 11.8 Å². The molecule has 2 amide bonds. The second-order valence-electron chi connectivity index (χ2n) is 8.41. The molecule has 2 unspecified atom stereocenters. The molecule has 5 rings (SSSR count). The Morgan fingerprint density at radius 3 is 2.90 bits per heavy atom. The molecule has 152 valence electrons. The monoisotopic (exact) mass is 394 g/mol. The molecule has 4 aliphatic heterocycles. The van der Waals surface area contributed by atoms with E-state index in [1.165, 1.54) is 5.57 Å². The first-order chi connectivity index (χ1) is 14.1. The fourth-order valence-corrected chi connectivity index (χ4v) is 5.02. The van der Waals surface area contributed by atoms with Crippen molar-refractivity contribution < 1.29 is 19.1 Å². The van der Waals surface area contributed by atoms with Gasteiger partial charge in [0.1, 0.15) is 18.0 Å². The van der Waals surface area contributed by atoms with E-state index < -0.39 is 17.4 Å². The Morgan fingerprint density at radius 1 is 1.31 bits per heavy atom. The number of nitrogens with zero attached hydrogens (tertiary/aromatic N) is 2. The summed E-state index contributed by atoms with van der Waals surface area (Å²) in [5, 5.41) is 0. The van der Waals surface area contributed by atoms with E-state index in [9.17, 15) is 9.59 Å². The first-order valence-corrected chi connectivity index (χ1v) is 10.4. The third-order valence-corrected chi connectivity index (χ3v) is 6.58. The maximum atomic E-state index is 13.3. The van der Waals surface area contributed by atoms with Gasteiger partial charge in [0.05, 0.1) is 31.0 Å². The van der Waals surface area contributed by atoms with Crippen LogP contribution in [0.4, 0.5) is 0 Å². The lowest BCUT2D eigenvalue weighted by Crippen LogP contribution is -2.47. The normalized spacial score (nSPS) is 32.5. The van der Waals surface area contributed by atoms with Crippen LogP contribution in [0.3, 0.4) is 0 Å².